The molecule has 1 amide bonds. The van der Waals surface area contributed by atoms with Crippen molar-refractivity contribution in [1.82, 2.24) is 4.57 Å². The van der Waals surface area contributed by atoms with Gasteiger partial charge in [-0.15, -0.1) is 0 Å². The molecule has 0 fully saturated rings. The van der Waals surface area contributed by atoms with Gasteiger partial charge >= 0.3 is 0 Å². The standard InChI is InChI=1S/C20H19ClN4O/c1-5-13(9-22)18(23-20(21)12(2)3)15-10-25-11-17(26)24(4)16-8-6-7-14(15)19(16)25/h5-8,10H,11H2,1-4H3/b13-5-,23-18+. The number of nitrogens with zero attached hydrogens (tertiary/aromatic N) is 4. The number of carbonyl (C=O) groups is 1. The van der Waals surface area contributed by atoms with Crippen LogP contribution in [0.2, 0.25) is 0 Å². The van der Waals surface area contributed by atoms with E-state index >= 15 is 0 Å². The smallest absolute Gasteiger partial charge is 0.246 e. The summed E-state index contributed by atoms with van der Waals surface area (Å²) in [5, 5.41) is 10.9. The number of hydrogen-bond acceptors (Lipinski definition) is 3. The minimum absolute atomic E-state index is 0.0134. The van der Waals surface area contributed by atoms with Gasteiger partial charge in [0.25, 0.3) is 0 Å². The molecule has 0 bridgehead atoms. The molecule has 3 rings (SSSR count). The number of anilines is 1. The number of amides is 1. The molecule has 0 radical (unpaired) electrons. The molecule has 2 aromatic rings. The first-order valence-electron chi connectivity index (χ1n) is 8.26. The van der Waals surface area contributed by atoms with Gasteiger partial charge in [-0.3, -0.25) is 4.79 Å². The third-order valence-corrected chi connectivity index (χ3v) is 4.92. The van der Waals surface area contributed by atoms with Gasteiger partial charge in [0, 0.05) is 24.2 Å². The van der Waals surface area contributed by atoms with Gasteiger partial charge in [0.15, 0.2) is 0 Å². The van der Waals surface area contributed by atoms with Crippen molar-refractivity contribution in [3.8, 4) is 6.07 Å². The third-order valence-electron chi connectivity index (χ3n) is 4.46. The second kappa shape index (κ2) is 6.81. The van der Waals surface area contributed by atoms with Crippen LogP contribution in [0.3, 0.4) is 0 Å². The highest BCUT2D eigenvalue weighted by atomic mass is 35.5. The zero-order valence-electron chi connectivity index (χ0n) is 15.2. The lowest BCUT2D eigenvalue weighted by Gasteiger charge is -2.24. The summed E-state index contributed by atoms with van der Waals surface area (Å²) in [6.07, 6.45) is 3.60. The molecule has 5 nitrogen and oxygen atoms in total. The first-order chi connectivity index (χ1) is 12.4. The fourth-order valence-corrected chi connectivity index (χ4v) is 3.12. The van der Waals surface area contributed by atoms with Crippen LogP contribution >= 0.6 is 11.6 Å². The van der Waals surface area contributed by atoms with Crippen LogP contribution in [-0.4, -0.2) is 23.2 Å². The molecule has 0 unspecified atom stereocenters. The molecule has 0 aliphatic carbocycles. The maximum atomic E-state index is 12.3. The summed E-state index contributed by atoms with van der Waals surface area (Å²) in [5.41, 5.74) is 4.41. The van der Waals surface area contributed by atoms with E-state index in [1.54, 1.807) is 24.9 Å². The Labute approximate surface area is 157 Å². The van der Waals surface area contributed by atoms with E-state index in [4.69, 9.17) is 11.6 Å². The number of likely N-dealkylation sites (N-methyl/N-ethyl adjacent to an activating group) is 1. The highest BCUT2D eigenvalue weighted by molar-refractivity contribution is 6.32. The van der Waals surface area contributed by atoms with E-state index < -0.39 is 0 Å². The molecule has 1 aliphatic rings. The van der Waals surface area contributed by atoms with E-state index in [1.807, 2.05) is 42.8 Å². The first kappa shape index (κ1) is 18.0. The van der Waals surface area contributed by atoms with E-state index in [0.717, 1.165) is 27.7 Å². The molecule has 0 saturated heterocycles. The van der Waals surface area contributed by atoms with Crippen molar-refractivity contribution in [1.29, 1.82) is 5.26 Å². The number of carbonyl (C=O) groups excluding carboxylic acids is 1. The molecule has 2 heterocycles. The summed E-state index contributed by atoms with van der Waals surface area (Å²) in [5.74, 6) is 0.0134. The van der Waals surface area contributed by atoms with Crippen molar-refractivity contribution in [2.45, 2.75) is 27.3 Å². The monoisotopic (exact) mass is 366 g/mol. The van der Waals surface area contributed by atoms with Gasteiger partial charge in [0.05, 0.1) is 22.5 Å². The predicted octanol–water partition coefficient (Wildman–Crippen LogP) is 4.37. The van der Waals surface area contributed by atoms with Crippen molar-refractivity contribution in [2.24, 2.45) is 4.99 Å². The Balaban J connectivity index is 2.35. The van der Waals surface area contributed by atoms with Gasteiger partial charge in [-0.25, -0.2) is 4.99 Å². The topological polar surface area (TPSA) is 61.4 Å². The van der Waals surface area contributed by atoms with E-state index in [0.29, 0.717) is 16.4 Å². The zero-order valence-corrected chi connectivity index (χ0v) is 15.9. The Bertz CT molecular complexity index is 1050. The number of allylic oxidation sites excluding steroid dienone is 3. The number of nitriles is 1. The molecule has 0 N–H and O–H groups in total. The number of halogens is 1. The van der Waals surface area contributed by atoms with Gasteiger partial charge in [-0.1, -0.05) is 29.8 Å². The molecule has 6 heteroatoms. The molecule has 0 atom stereocenters. The van der Waals surface area contributed by atoms with Gasteiger partial charge in [0.1, 0.15) is 17.8 Å². The quantitative estimate of drug-likeness (QED) is 0.460. The summed E-state index contributed by atoms with van der Waals surface area (Å²) in [7, 11) is 1.77. The van der Waals surface area contributed by atoms with E-state index in [9.17, 15) is 10.1 Å². The Morgan fingerprint density at radius 3 is 2.73 bits per heavy atom. The van der Waals surface area contributed by atoms with Gasteiger partial charge < -0.3 is 9.47 Å². The lowest BCUT2D eigenvalue weighted by molar-refractivity contribution is -0.119. The van der Waals surface area contributed by atoms with Crippen LogP contribution in [0.1, 0.15) is 26.3 Å². The fourth-order valence-electron chi connectivity index (χ4n) is 3.04. The summed E-state index contributed by atoms with van der Waals surface area (Å²) >= 11 is 6.29. The number of hydrogen-bond donors (Lipinski definition) is 0. The lowest BCUT2D eigenvalue weighted by Crippen LogP contribution is -2.33. The molecule has 1 aliphatic heterocycles. The number of benzene rings is 1. The number of aromatic nitrogens is 1. The third kappa shape index (κ3) is 2.83. The van der Waals surface area contributed by atoms with Gasteiger partial charge in [0.2, 0.25) is 5.91 Å². The molecule has 1 aromatic heterocycles. The Hall–Kier alpha value is -2.84. The Kier molecular flexibility index (Phi) is 4.71. The average molecular weight is 367 g/mol. The van der Waals surface area contributed by atoms with Crippen molar-refractivity contribution >= 4 is 39.8 Å². The molecular formula is C20H19ClN4O. The second-order valence-corrected chi connectivity index (χ2v) is 6.72. The summed E-state index contributed by atoms with van der Waals surface area (Å²) in [6.45, 7) is 5.79. The SMILES string of the molecule is C/C=C(C#N)\C(=N/C(Cl)=C(C)C)c1cn2c3c(cccc13)N(C)C(=O)C2. The number of para-hydroxylation sites is 1. The van der Waals surface area contributed by atoms with E-state index in [2.05, 4.69) is 11.1 Å². The minimum atomic E-state index is 0.0134. The van der Waals surface area contributed by atoms with Crippen LogP contribution < -0.4 is 4.90 Å². The average Bonchev–Trinajstić information content (AvgIpc) is 2.98. The van der Waals surface area contributed by atoms with Crippen LogP contribution in [0.4, 0.5) is 5.69 Å². The van der Waals surface area contributed by atoms with Crippen LogP contribution in [-0.2, 0) is 11.3 Å². The number of aliphatic imine (C=N–C) groups is 1. The van der Waals surface area contributed by atoms with E-state index in [1.165, 1.54) is 0 Å². The van der Waals surface area contributed by atoms with Crippen LogP contribution in [0.5, 0.6) is 0 Å². The fraction of sp³-hybridized carbons (Fsp3) is 0.250. The highest BCUT2D eigenvalue weighted by Crippen LogP contribution is 2.35. The van der Waals surface area contributed by atoms with Crippen LogP contribution in [0.25, 0.3) is 10.9 Å². The maximum absolute atomic E-state index is 12.3. The van der Waals surface area contributed by atoms with Gasteiger partial charge in [-0.2, -0.15) is 5.26 Å². The second-order valence-electron chi connectivity index (χ2n) is 6.36. The van der Waals surface area contributed by atoms with Gasteiger partial charge in [-0.05, 0) is 32.4 Å². The zero-order chi connectivity index (χ0) is 19.0. The molecule has 0 saturated carbocycles. The first-order valence-corrected chi connectivity index (χ1v) is 8.64. The van der Waals surface area contributed by atoms with Crippen molar-refractivity contribution in [3.63, 3.8) is 0 Å². The largest absolute Gasteiger partial charge is 0.336 e. The Morgan fingerprint density at radius 1 is 1.38 bits per heavy atom. The number of rotatable bonds is 3. The highest BCUT2D eigenvalue weighted by Gasteiger charge is 2.26. The van der Waals surface area contributed by atoms with Crippen molar-refractivity contribution < 1.29 is 4.79 Å². The molecular weight excluding hydrogens is 348 g/mol. The van der Waals surface area contributed by atoms with Crippen LogP contribution in [0.15, 0.2) is 51.8 Å². The molecule has 0 spiro atoms. The van der Waals surface area contributed by atoms with E-state index in [-0.39, 0.29) is 12.5 Å². The summed E-state index contributed by atoms with van der Waals surface area (Å²) < 4.78 is 1.92. The molecule has 26 heavy (non-hydrogen) atoms. The van der Waals surface area contributed by atoms with Crippen molar-refractivity contribution in [3.05, 3.63) is 52.3 Å². The predicted molar refractivity (Wildman–Crippen MR) is 105 cm³/mol. The molecule has 1 aromatic carbocycles. The summed E-state index contributed by atoms with van der Waals surface area (Å²) in [4.78, 5) is 18.5. The maximum Gasteiger partial charge on any atom is 0.246 e. The minimum Gasteiger partial charge on any atom is -0.336 e. The summed E-state index contributed by atoms with van der Waals surface area (Å²) in [6, 6.07) is 8.00. The Morgan fingerprint density at radius 2 is 2.12 bits per heavy atom. The lowest BCUT2D eigenvalue weighted by atomic mass is 10.0. The van der Waals surface area contributed by atoms with Crippen molar-refractivity contribution in [2.75, 3.05) is 11.9 Å². The van der Waals surface area contributed by atoms with Crippen LogP contribution in [0, 0.1) is 11.3 Å². The normalized spacial score (nSPS) is 14.6. The molecule has 132 valence electrons.